The molecular formula is C12H11NO6. The van der Waals surface area contributed by atoms with Crippen LogP contribution in [0.2, 0.25) is 0 Å². The van der Waals surface area contributed by atoms with E-state index in [4.69, 9.17) is 9.57 Å². The first-order valence-corrected chi connectivity index (χ1v) is 5.37. The smallest absolute Gasteiger partial charge is 0.431 e. The molecule has 19 heavy (non-hydrogen) atoms. The molecule has 0 aromatic heterocycles. The van der Waals surface area contributed by atoms with Gasteiger partial charge in [-0.3, -0.25) is 4.79 Å². The number of nitrogens with one attached hydrogen (secondary N) is 1. The van der Waals surface area contributed by atoms with E-state index in [0.717, 1.165) is 7.11 Å². The van der Waals surface area contributed by atoms with Crippen molar-refractivity contribution >= 4 is 17.8 Å². The number of fused-ring (bicyclic) bond motifs is 1. The van der Waals surface area contributed by atoms with E-state index in [1.54, 1.807) is 12.1 Å². The van der Waals surface area contributed by atoms with Gasteiger partial charge in [-0.2, -0.15) is 5.48 Å². The Kier molecular flexibility index (Phi) is 3.22. The molecule has 7 nitrogen and oxygen atoms in total. The molecule has 0 unspecified atom stereocenters. The Labute approximate surface area is 108 Å². The minimum atomic E-state index is -1.94. The van der Waals surface area contributed by atoms with E-state index < -0.39 is 23.4 Å². The number of hydroxylamine groups is 1. The minimum Gasteiger partial charge on any atom is -0.451 e. The molecule has 0 saturated carbocycles. The Morgan fingerprint density at radius 1 is 1.32 bits per heavy atom. The third-order valence-corrected chi connectivity index (χ3v) is 2.68. The van der Waals surface area contributed by atoms with Gasteiger partial charge in [-0.05, 0) is 19.1 Å². The summed E-state index contributed by atoms with van der Waals surface area (Å²) in [5.74, 6) is -1.35. The third kappa shape index (κ3) is 2.15. The zero-order valence-electron chi connectivity index (χ0n) is 10.3. The van der Waals surface area contributed by atoms with Crippen LogP contribution in [0.15, 0.2) is 24.3 Å². The predicted octanol–water partition coefficient (Wildman–Crippen LogP) is 0.835. The van der Waals surface area contributed by atoms with E-state index in [2.05, 4.69) is 4.74 Å². The Morgan fingerprint density at radius 3 is 2.68 bits per heavy atom. The quantitative estimate of drug-likeness (QED) is 0.368. The first-order chi connectivity index (χ1) is 8.99. The molecule has 1 aromatic rings. The van der Waals surface area contributed by atoms with Crippen LogP contribution in [-0.2, 0) is 14.4 Å². The lowest BCUT2D eigenvalue weighted by Gasteiger charge is -2.29. The van der Waals surface area contributed by atoms with Crippen LogP contribution in [0.1, 0.15) is 17.3 Å². The van der Waals surface area contributed by atoms with Gasteiger partial charge in [0.2, 0.25) is 5.78 Å². The van der Waals surface area contributed by atoms with Gasteiger partial charge in [-0.1, -0.05) is 12.1 Å². The number of hydrogen-bond acceptors (Lipinski definition) is 6. The maximum absolute atomic E-state index is 12.2. The highest BCUT2D eigenvalue weighted by Crippen LogP contribution is 2.31. The van der Waals surface area contributed by atoms with Crippen molar-refractivity contribution in [1.29, 1.82) is 0 Å². The maximum Gasteiger partial charge on any atom is 0.431 e. The molecule has 1 atom stereocenters. The molecule has 7 heteroatoms. The summed E-state index contributed by atoms with van der Waals surface area (Å²) in [5.41, 5.74) is 0.114. The molecule has 1 amide bonds. The number of carbonyl (C=O) groups excluding carboxylic acids is 3. The average molecular weight is 265 g/mol. The predicted molar refractivity (Wildman–Crippen MR) is 61.4 cm³/mol. The van der Waals surface area contributed by atoms with Crippen molar-refractivity contribution in [2.45, 2.75) is 12.5 Å². The highest BCUT2D eigenvalue weighted by Gasteiger charge is 2.50. The van der Waals surface area contributed by atoms with E-state index in [-0.39, 0.29) is 11.3 Å². The number of carbonyl (C=O) groups is 3. The van der Waals surface area contributed by atoms with Crippen molar-refractivity contribution in [3.8, 4) is 5.75 Å². The highest BCUT2D eigenvalue weighted by molar-refractivity contribution is 6.19. The zero-order chi connectivity index (χ0) is 14.0. The zero-order valence-corrected chi connectivity index (χ0v) is 10.3. The van der Waals surface area contributed by atoms with Crippen molar-refractivity contribution < 1.29 is 28.7 Å². The van der Waals surface area contributed by atoms with Crippen LogP contribution in [0.3, 0.4) is 0 Å². The summed E-state index contributed by atoms with van der Waals surface area (Å²) in [6.07, 6.45) is -0.930. The fourth-order valence-electron chi connectivity index (χ4n) is 1.56. The van der Waals surface area contributed by atoms with Crippen LogP contribution in [0.5, 0.6) is 5.75 Å². The second-order valence-corrected chi connectivity index (χ2v) is 3.94. The summed E-state index contributed by atoms with van der Waals surface area (Å²) >= 11 is 0. The Hall–Kier alpha value is -2.41. The van der Waals surface area contributed by atoms with Gasteiger partial charge in [0, 0.05) is 0 Å². The number of benzene rings is 1. The van der Waals surface area contributed by atoms with Crippen molar-refractivity contribution in [3.05, 3.63) is 29.8 Å². The number of rotatable bonds is 2. The van der Waals surface area contributed by atoms with E-state index in [1.165, 1.54) is 19.1 Å². The maximum atomic E-state index is 12.2. The van der Waals surface area contributed by atoms with Crippen LogP contribution in [0, 0.1) is 0 Å². The third-order valence-electron chi connectivity index (χ3n) is 2.68. The van der Waals surface area contributed by atoms with Crippen LogP contribution in [0.25, 0.3) is 0 Å². The van der Waals surface area contributed by atoms with Crippen molar-refractivity contribution in [1.82, 2.24) is 5.48 Å². The lowest BCUT2D eigenvalue weighted by atomic mass is 9.92. The number of methoxy groups -OCH3 is 1. The van der Waals surface area contributed by atoms with E-state index >= 15 is 0 Å². The number of ether oxygens (including phenoxy) is 2. The molecule has 0 bridgehead atoms. The largest absolute Gasteiger partial charge is 0.451 e. The summed E-state index contributed by atoms with van der Waals surface area (Å²) in [4.78, 5) is 39.9. The first-order valence-electron chi connectivity index (χ1n) is 5.37. The summed E-state index contributed by atoms with van der Waals surface area (Å²) in [6, 6.07) is 6.27. The molecule has 1 aromatic carbocycles. The van der Waals surface area contributed by atoms with E-state index in [1.807, 2.05) is 5.48 Å². The molecule has 0 saturated heterocycles. The van der Waals surface area contributed by atoms with Crippen LogP contribution < -0.4 is 10.2 Å². The summed E-state index contributed by atoms with van der Waals surface area (Å²) in [5, 5.41) is 0. The number of hydrogen-bond donors (Lipinski definition) is 1. The van der Waals surface area contributed by atoms with Gasteiger partial charge in [-0.25, -0.2) is 14.4 Å². The molecule has 0 fully saturated rings. The normalized spacial score (nSPS) is 21.4. The number of amides is 1. The summed E-state index contributed by atoms with van der Waals surface area (Å²) < 4.78 is 9.29. The molecule has 0 aliphatic carbocycles. The summed E-state index contributed by atoms with van der Waals surface area (Å²) in [7, 11) is 1.12. The number of esters is 1. The second kappa shape index (κ2) is 4.69. The Morgan fingerprint density at radius 2 is 2.00 bits per heavy atom. The summed E-state index contributed by atoms with van der Waals surface area (Å²) in [6.45, 7) is 1.21. The van der Waals surface area contributed by atoms with Gasteiger partial charge >= 0.3 is 12.1 Å². The van der Waals surface area contributed by atoms with Crippen molar-refractivity contribution in [2.24, 2.45) is 0 Å². The van der Waals surface area contributed by atoms with Crippen molar-refractivity contribution in [2.75, 3.05) is 7.11 Å². The first kappa shape index (κ1) is 13.0. The fourth-order valence-corrected chi connectivity index (χ4v) is 1.56. The molecule has 1 aliphatic rings. The fraction of sp³-hybridized carbons (Fsp3) is 0.250. The Bertz CT molecular complexity index is 555. The van der Waals surface area contributed by atoms with Gasteiger partial charge in [0.05, 0.1) is 12.7 Å². The molecule has 0 radical (unpaired) electrons. The van der Waals surface area contributed by atoms with Gasteiger partial charge < -0.3 is 9.47 Å². The Balaban J connectivity index is 2.29. The van der Waals surface area contributed by atoms with Gasteiger partial charge in [0.1, 0.15) is 5.75 Å². The van der Waals surface area contributed by atoms with Crippen LogP contribution in [-0.4, -0.2) is 30.6 Å². The molecular weight excluding hydrogens is 254 g/mol. The number of para-hydroxylation sites is 1. The molecule has 100 valence electrons. The molecule has 0 spiro atoms. The monoisotopic (exact) mass is 265 g/mol. The van der Waals surface area contributed by atoms with Crippen LogP contribution >= 0.6 is 0 Å². The highest BCUT2D eigenvalue weighted by atomic mass is 16.7. The molecule has 1 N–H and O–H groups in total. The van der Waals surface area contributed by atoms with Gasteiger partial charge in [0.15, 0.2) is 0 Å². The van der Waals surface area contributed by atoms with E-state index in [9.17, 15) is 14.4 Å². The van der Waals surface area contributed by atoms with Crippen LogP contribution in [0.4, 0.5) is 4.79 Å². The second-order valence-electron chi connectivity index (χ2n) is 3.94. The van der Waals surface area contributed by atoms with Crippen molar-refractivity contribution in [3.63, 3.8) is 0 Å². The van der Waals surface area contributed by atoms with E-state index in [0.29, 0.717) is 0 Å². The topological polar surface area (TPSA) is 90.9 Å². The standard InChI is InChI=1S/C12H11NO6/c1-12(19-13-11(16)17-2)9(14)7-5-3-4-6-8(7)18-10(12)15/h3-6H,1-2H3,(H,13,16)/t12-/m1/s1. The number of Topliss-reactive ketones (excluding diaryl/α,β-unsaturated/α-hetero) is 1. The molecule has 1 aliphatic heterocycles. The molecule has 2 rings (SSSR count). The SMILES string of the molecule is COC(=O)NO[C@@]1(C)C(=O)Oc2ccccc2C1=O. The minimum absolute atomic E-state index is 0.164. The average Bonchev–Trinajstić information content (AvgIpc) is 2.42. The number of ketones is 1. The van der Waals surface area contributed by atoms with Gasteiger partial charge in [-0.15, -0.1) is 0 Å². The lowest BCUT2D eigenvalue weighted by molar-refractivity contribution is -0.161. The van der Waals surface area contributed by atoms with Gasteiger partial charge in [0.25, 0.3) is 5.60 Å². The molecule has 1 heterocycles. The lowest BCUT2D eigenvalue weighted by Crippen LogP contribution is -2.54.